The number of fused-ring (bicyclic) bond motifs is 1. The van der Waals surface area contributed by atoms with Gasteiger partial charge in [0.05, 0.1) is 12.8 Å². The van der Waals surface area contributed by atoms with Gasteiger partial charge >= 0.3 is 0 Å². The summed E-state index contributed by atoms with van der Waals surface area (Å²) in [6.45, 7) is 4.74. The molecule has 0 aliphatic heterocycles. The first kappa shape index (κ1) is 15.3. The third-order valence-corrected chi connectivity index (χ3v) is 4.56. The van der Waals surface area contributed by atoms with Crippen LogP contribution in [0.3, 0.4) is 0 Å². The van der Waals surface area contributed by atoms with Crippen LogP contribution in [0, 0.1) is 0 Å². The van der Waals surface area contributed by atoms with Crippen molar-refractivity contribution in [2.75, 3.05) is 13.2 Å². The van der Waals surface area contributed by atoms with Gasteiger partial charge in [-0.25, -0.2) is 0 Å². The Hall–Kier alpha value is -1.65. The van der Waals surface area contributed by atoms with Gasteiger partial charge in [0.2, 0.25) is 0 Å². The maximum Gasteiger partial charge on any atom is 0.0558 e. The van der Waals surface area contributed by atoms with E-state index in [4.69, 9.17) is 0 Å². The molecule has 3 rings (SSSR count). The average molecular weight is 299 g/mol. The molecule has 0 amide bonds. The van der Waals surface area contributed by atoms with Crippen molar-refractivity contribution in [3.05, 3.63) is 53.3 Å². The lowest BCUT2D eigenvalue weighted by Crippen LogP contribution is -2.33. The second-order valence-corrected chi connectivity index (χ2v) is 6.01. The van der Waals surface area contributed by atoms with Crippen molar-refractivity contribution < 1.29 is 5.11 Å². The Bertz CT molecular complexity index is 608. The number of aliphatic hydroxyl groups is 1. The van der Waals surface area contributed by atoms with Crippen molar-refractivity contribution in [3.63, 3.8) is 0 Å². The Morgan fingerprint density at radius 1 is 1.36 bits per heavy atom. The number of benzene rings is 1. The first-order valence-corrected chi connectivity index (χ1v) is 8.26. The highest BCUT2D eigenvalue weighted by atomic mass is 16.3. The van der Waals surface area contributed by atoms with Crippen molar-refractivity contribution in [1.82, 2.24) is 14.7 Å². The maximum atomic E-state index is 9.48. The summed E-state index contributed by atoms with van der Waals surface area (Å²) < 4.78 is 1.96. The van der Waals surface area contributed by atoms with Gasteiger partial charge in [-0.2, -0.15) is 5.10 Å². The maximum absolute atomic E-state index is 9.48. The zero-order valence-electron chi connectivity index (χ0n) is 13.3. The van der Waals surface area contributed by atoms with Gasteiger partial charge in [0.25, 0.3) is 0 Å². The summed E-state index contributed by atoms with van der Waals surface area (Å²) in [5.41, 5.74) is 4.12. The zero-order chi connectivity index (χ0) is 15.4. The van der Waals surface area contributed by atoms with Gasteiger partial charge in [-0.15, -0.1) is 0 Å². The van der Waals surface area contributed by atoms with Crippen LogP contribution in [-0.4, -0.2) is 32.9 Å². The van der Waals surface area contributed by atoms with E-state index in [0.717, 1.165) is 13.1 Å². The number of aromatic nitrogens is 2. The van der Waals surface area contributed by atoms with Gasteiger partial charge < -0.3 is 5.11 Å². The molecule has 1 aliphatic rings. The first-order chi connectivity index (χ1) is 10.8. The van der Waals surface area contributed by atoms with Crippen molar-refractivity contribution >= 4 is 0 Å². The van der Waals surface area contributed by atoms with Gasteiger partial charge in [0.15, 0.2) is 0 Å². The van der Waals surface area contributed by atoms with Crippen LogP contribution in [0.4, 0.5) is 0 Å². The van der Waals surface area contributed by atoms with Crippen molar-refractivity contribution in [3.8, 4) is 0 Å². The second kappa shape index (κ2) is 7.07. The number of hydrogen-bond acceptors (Lipinski definition) is 3. The summed E-state index contributed by atoms with van der Waals surface area (Å²) >= 11 is 0. The molecule has 118 valence electrons. The monoisotopic (exact) mass is 299 g/mol. The summed E-state index contributed by atoms with van der Waals surface area (Å²) in [5, 5.41) is 13.8. The highest BCUT2D eigenvalue weighted by Gasteiger charge is 2.25. The molecule has 1 atom stereocenters. The molecule has 1 N–H and O–H groups in total. The van der Waals surface area contributed by atoms with Crippen molar-refractivity contribution in [1.29, 1.82) is 0 Å². The summed E-state index contributed by atoms with van der Waals surface area (Å²) in [7, 11) is 0. The molecule has 1 aromatic carbocycles. The Labute approximate surface area is 132 Å². The largest absolute Gasteiger partial charge is 0.395 e. The molecule has 1 aromatic heterocycles. The zero-order valence-corrected chi connectivity index (χ0v) is 13.3. The molecule has 0 bridgehead atoms. The Morgan fingerprint density at radius 3 is 3.00 bits per heavy atom. The Kier molecular flexibility index (Phi) is 4.90. The summed E-state index contributed by atoms with van der Waals surface area (Å²) in [6, 6.07) is 9.15. The number of aryl methyl sites for hydroxylation is 2. The highest BCUT2D eigenvalue weighted by molar-refractivity contribution is 5.32. The van der Waals surface area contributed by atoms with E-state index in [1.165, 1.54) is 36.0 Å². The van der Waals surface area contributed by atoms with Crippen LogP contribution in [0.15, 0.2) is 36.7 Å². The number of rotatable bonds is 6. The molecule has 0 spiro atoms. The van der Waals surface area contributed by atoms with E-state index in [-0.39, 0.29) is 6.61 Å². The minimum atomic E-state index is 0.195. The third-order valence-electron chi connectivity index (χ3n) is 4.56. The van der Waals surface area contributed by atoms with E-state index in [2.05, 4.69) is 47.4 Å². The summed E-state index contributed by atoms with van der Waals surface area (Å²) in [4.78, 5) is 2.40. The van der Waals surface area contributed by atoms with Gasteiger partial charge in [-0.1, -0.05) is 24.3 Å². The van der Waals surface area contributed by atoms with Crippen LogP contribution in [-0.2, 0) is 19.5 Å². The third kappa shape index (κ3) is 3.23. The lowest BCUT2D eigenvalue weighted by molar-refractivity contribution is 0.131. The number of hydrogen-bond donors (Lipinski definition) is 1. The molecule has 1 aliphatic carbocycles. The SMILES string of the molecule is CCn1cc(CN(CCO)C2CCCc3ccccc32)cn1. The van der Waals surface area contributed by atoms with Crippen molar-refractivity contribution in [2.45, 2.75) is 45.3 Å². The van der Waals surface area contributed by atoms with E-state index in [0.29, 0.717) is 12.6 Å². The Morgan fingerprint density at radius 2 is 2.23 bits per heavy atom. The standard InChI is InChI=1S/C18H25N3O/c1-2-21-14-15(12-19-21)13-20(10-11-22)18-9-5-7-16-6-3-4-8-17(16)18/h3-4,6,8,12,14,18,22H,2,5,7,9-11,13H2,1H3. The fourth-order valence-corrected chi connectivity index (χ4v) is 3.48. The number of nitrogens with zero attached hydrogens (tertiary/aromatic N) is 3. The topological polar surface area (TPSA) is 41.3 Å². The van der Waals surface area contributed by atoms with Gasteiger partial charge in [-0.3, -0.25) is 9.58 Å². The molecule has 1 unspecified atom stereocenters. The van der Waals surface area contributed by atoms with Crippen LogP contribution in [0.1, 0.15) is 42.5 Å². The molecule has 1 heterocycles. The minimum absolute atomic E-state index is 0.195. The fourth-order valence-electron chi connectivity index (χ4n) is 3.48. The predicted molar refractivity (Wildman–Crippen MR) is 87.5 cm³/mol. The van der Waals surface area contributed by atoms with E-state index >= 15 is 0 Å². The van der Waals surface area contributed by atoms with E-state index < -0.39 is 0 Å². The van der Waals surface area contributed by atoms with Crippen LogP contribution >= 0.6 is 0 Å². The lowest BCUT2D eigenvalue weighted by atomic mass is 9.86. The molecule has 4 nitrogen and oxygen atoms in total. The van der Waals surface area contributed by atoms with Crippen LogP contribution < -0.4 is 0 Å². The molecular weight excluding hydrogens is 274 g/mol. The molecule has 0 saturated carbocycles. The molecule has 0 fully saturated rings. The minimum Gasteiger partial charge on any atom is -0.395 e. The fraction of sp³-hybridized carbons (Fsp3) is 0.500. The normalized spacial score (nSPS) is 17.7. The predicted octanol–water partition coefficient (Wildman–Crippen LogP) is 2.77. The molecule has 0 radical (unpaired) electrons. The Balaban J connectivity index is 1.82. The summed E-state index contributed by atoms with van der Waals surface area (Å²) in [6.07, 6.45) is 7.62. The molecule has 2 aromatic rings. The van der Waals surface area contributed by atoms with E-state index in [9.17, 15) is 5.11 Å². The number of aliphatic hydroxyl groups excluding tert-OH is 1. The van der Waals surface area contributed by atoms with Crippen LogP contribution in [0.2, 0.25) is 0 Å². The molecule has 22 heavy (non-hydrogen) atoms. The van der Waals surface area contributed by atoms with Crippen molar-refractivity contribution in [2.24, 2.45) is 0 Å². The summed E-state index contributed by atoms with van der Waals surface area (Å²) in [5.74, 6) is 0. The average Bonchev–Trinajstić information content (AvgIpc) is 3.02. The van der Waals surface area contributed by atoms with Gasteiger partial charge in [-0.05, 0) is 37.3 Å². The molecule has 0 saturated heterocycles. The first-order valence-electron chi connectivity index (χ1n) is 8.26. The highest BCUT2D eigenvalue weighted by Crippen LogP contribution is 2.34. The van der Waals surface area contributed by atoms with Gasteiger partial charge in [0.1, 0.15) is 0 Å². The van der Waals surface area contributed by atoms with Gasteiger partial charge in [0, 0.05) is 37.4 Å². The van der Waals surface area contributed by atoms with Crippen LogP contribution in [0.5, 0.6) is 0 Å². The smallest absolute Gasteiger partial charge is 0.0558 e. The van der Waals surface area contributed by atoms with Crippen LogP contribution in [0.25, 0.3) is 0 Å². The quantitative estimate of drug-likeness (QED) is 0.892. The van der Waals surface area contributed by atoms with E-state index in [1.54, 1.807) is 0 Å². The van der Waals surface area contributed by atoms with E-state index in [1.807, 2.05) is 10.9 Å². The lowest BCUT2D eigenvalue weighted by Gasteiger charge is -2.35. The molecule has 4 heteroatoms. The second-order valence-electron chi connectivity index (χ2n) is 6.01. The molecular formula is C18H25N3O.